The van der Waals surface area contributed by atoms with Crippen molar-refractivity contribution >= 4 is 0 Å². The molecule has 0 aliphatic carbocycles. The molecule has 0 saturated carbocycles. The van der Waals surface area contributed by atoms with Crippen molar-refractivity contribution < 1.29 is 19.0 Å². The van der Waals surface area contributed by atoms with Gasteiger partial charge in [-0.2, -0.15) is 0 Å². The van der Waals surface area contributed by atoms with Gasteiger partial charge in [-0.3, -0.25) is 0 Å². The van der Waals surface area contributed by atoms with Crippen molar-refractivity contribution in [1.82, 2.24) is 4.90 Å². The average Bonchev–Trinajstić information content (AvgIpc) is 2.58. The second kappa shape index (κ2) is 7.16. The molecule has 2 aliphatic rings. The van der Waals surface area contributed by atoms with Crippen LogP contribution in [0.4, 0.5) is 4.39 Å². The number of halogens is 1. The van der Waals surface area contributed by atoms with E-state index in [-0.39, 0.29) is 5.82 Å². The zero-order valence-electron chi connectivity index (χ0n) is 13.8. The molecule has 5 heteroatoms. The molecule has 1 aromatic carbocycles. The summed E-state index contributed by atoms with van der Waals surface area (Å²) in [6.45, 7) is 4.45. The van der Waals surface area contributed by atoms with E-state index in [1.54, 1.807) is 13.2 Å². The van der Waals surface area contributed by atoms with Gasteiger partial charge in [0.1, 0.15) is 11.6 Å². The lowest BCUT2D eigenvalue weighted by atomic mass is 9.83. The lowest BCUT2D eigenvalue weighted by Gasteiger charge is -2.40. The van der Waals surface area contributed by atoms with Gasteiger partial charge in [0, 0.05) is 38.4 Å². The zero-order chi connectivity index (χ0) is 16.3. The highest BCUT2D eigenvalue weighted by Gasteiger charge is 2.37. The normalized spacial score (nSPS) is 22.9. The Labute approximate surface area is 137 Å². The number of methoxy groups -OCH3 is 1. The zero-order valence-corrected chi connectivity index (χ0v) is 13.8. The minimum absolute atomic E-state index is 0.334. The fraction of sp³-hybridized carbons (Fsp3) is 0.667. The van der Waals surface area contributed by atoms with Gasteiger partial charge in [-0.15, -0.1) is 0 Å². The van der Waals surface area contributed by atoms with Gasteiger partial charge in [-0.25, -0.2) is 4.39 Å². The van der Waals surface area contributed by atoms with Crippen molar-refractivity contribution in [2.75, 3.05) is 40.0 Å². The Morgan fingerprint density at radius 2 is 2.00 bits per heavy atom. The highest BCUT2D eigenvalue weighted by atomic mass is 19.1. The number of hydrogen-bond acceptors (Lipinski definition) is 4. The van der Waals surface area contributed by atoms with E-state index >= 15 is 0 Å². The van der Waals surface area contributed by atoms with Gasteiger partial charge in [0.25, 0.3) is 0 Å². The molecule has 3 rings (SSSR count). The van der Waals surface area contributed by atoms with E-state index in [4.69, 9.17) is 9.47 Å². The topological polar surface area (TPSA) is 41.9 Å². The minimum atomic E-state index is -1.00. The van der Waals surface area contributed by atoms with E-state index in [1.807, 2.05) is 0 Å². The van der Waals surface area contributed by atoms with Crippen LogP contribution in [0.2, 0.25) is 0 Å². The van der Waals surface area contributed by atoms with Gasteiger partial charge >= 0.3 is 0 Å². The molecule has 0 bridgehead atoms. The van der Waals surface area contributed by atoms with Gasteiger partial charge in [-0.05, 0) is 49.8 Å². The summed E-state index contributed by atoms with van der Waals surface area (Å²) in [4.78, 5) is 2.41. The first-order valence-electron chi connectivity index (χ1n) is 8.47. The Morgan fingerprint density at radius 3 is 2.65 bits per heavy atom. The molecule has 2 heterocycles. The van der Waals surface area contributed by atoms with Gasteiger partial charge in [-0.1, -0.05) is 0 Å². The summed E-state index contributed by atoms with van der Waals surface area (Å²) < 4.78 is 24.3. The summed E-state index contributed by atoms with van der Waals surface area (Å²) >= 11 is 0. The number of benzene rings is 1. The highest BCUT2D eigenvalue weighted by Crippen LogP contribution is 2.38. The Morgan fingerprint density at radius 1 is 1.30 bits per heavy atom. The summed E-state index contributed by atoms with van der Waals surface area (Å²) in [6.07, 6.45) is 3.46. The van der Waals surface area contributed by atoms with Crippen molar-refractivity contribution in [2.24, 2.45) is 5.92 Å². The van der Waals surface area contributed by atoms with Gasteiger partial charge < -0.3 is 19.5 Å². The second-order valence-corrected chi connectivity index (χ2v) is 6.73. The van der Waals surface area contributed by atoms with E-state index in [2.05, 4.69) is 4.90 Å². The fourth-order valence-electron chi connectivity index (χ4n) is 3.71. The molecule has 2 fully saturated rings. The molecule has 4 nitrogen and oxygen atoms in total. The third-order valence-corrected chi connectivity index (χ3v) is 5.20. The molecule has 2 saturated heterocycles. The van der Waals surface area contributed by atoms with Crippen molar-refractivity contribution in [1.29, 1.82) is 0 Å². The monoisotopic (exact) mass is 323 g/mol. The molecule has 0 unspecified atom stereocenters. The molecule has 1 aromatic rings. The summed E-state index contributed by atoms with van der Waals surface area (Å²) in [5.74, 6) is 0.921. The van der Waals surface area contributed by atoms with E-state index in [0.717, 1.165) is 45.7 Å². The van der Waals surface area contributed by atoms with Crippen LogP contribution in [0.1, 0.15) is 31.2 Å². The van der Waals surface area contributed by atoms with Crippen molar-refractivity contribution in [3.8, 4) is 5.75 Å². The van der Waals surface area contributed by atoms with E-state index in [1.165, 1.54) is 12.1 Å². The first-order chi connectivity index (χ1) is 11.1. The summed E-state index contributed by atoms with van der Waals surface area (Å²) in [6, 6.07) is 4.37. The van der Waals surface area contributed by atoms with Gasteiger partial charge in [0.05, 0.1) is 12.7 Å². The number of hydrogen-bond donors (Lipinski definition) is 1. The molecule has 0 radical (unpaired) electrons. The van der Waals surface area contributed by atoms with Crippen LogP contribution < -0.4 is 4.74 Å². The van der Waals surface area contributed by atoms with E-state index in [0.29, 0.717) is 30.1 Å². The number of likely N-dealkylation sites (tertiary alicyclic amines) is 1. The van der Waals surface area contributed by atoms with Crippen LogP contribution in [0, 0.1) is 11.7 Å². The maximum Gasteiger partial charge on any atom is 0.125 e. The Bertz CT molecular complexity index is 523. The first kappa shape index (κ1) is 16.7. The van der Waals surface area contributed by atoms with Crippen LogP contribution in [-0.4, -0.2) is 50.0 Å². The van der Waals surface area contributed by atoms with Crippen molar-refractivity contribution in [3.63, 3.8) is 0 Å². The SMILES string of the molecule is COc1ccc(F)cc1C1(O)CCN(CC2CCOCC2)CC1. The smallest absolute Gasteiger partial charge is 0.125 e. The number of nitrogens with zero attached hydrogens (tertiary/aromatic N) is 1. The molecule has 2 aliphatic heterocycles. The molecule has 0 amide bonds. The predicted molar refractivity (Wildman–Crippen MR) is 86.1 cm³/mol. The second-order valence-electron chi connectivity index (χ2n) is 6.73. The third kappa shape index (κ3) is 3.84. The molecule has 0 aromatic heterocycles. The number of ether oxygens (including phenoxy) is 2. The summed E-state index contributed by atoms with van der Waals surface area (Å²) in [7, 11) is 1.56. The van der Waals surface area contributed by atoms with Crippen LogP contribution in [-0.2, 0) is 10.3 Å². The van der Waals surface area contributed by atoms with Crippen LogP contribution in [0.3, 0.4) is 0 Å². The lowest BCUT2D eigenvalue weighted by molar-refractivity contribution is -0.0352. The summed E-state index contributed by atoms with van der Waals surface area (Å²) in [5, 5.41) is 11.0. The number of rotatable bonds is 4. The molecule has 1 N–H and O–H groups in total. The van der Waals surface area contributed by atoms with E-state index < -0.39 is 5.60 Å². The quantitative estimate of drug-likeness (QED) is 0.925. The first-order valence-corrected chi connectivity index (χ1v) is 8.47. The van der Waals surface area contributed by atoms with Crippen molar-refractivity contribution in [3.05, 3.63) is 29.6 Å². The van der Waals surface area contributed by atoms with Crippen LogP contribution in [0.5, 0.6) is 5.75 Å². The number of aliphatic hydroxyl groups is 1. The molecule has 0 atom stereocenters. The maximum atomic E-state index is 13.6. The third-order valence-electron chi connectivity index (χ3n) is 5.20. The van der Waals surface area contributed by atoms with E-state index in [9.17, 15) is 9.50 Å². The molecular weight excluding hydrogens is 297 g/mol. The average molecular weight is 323 g/mol. The maximum absolute atomic E-state index is 13.6. The highest BCUT2D eigenvalue weighted by molar-refractivity contribution is 5.39. The molecule has 23 heavy (non-hydrogen) atoms. The van der Waals surface area contributed by atoms with Crippen LogP contribution in [0.15, 0.2) is 18.2 Å². The standard InChI is InChI=1S/C18H26FNO3/c1-22-17-3-2-15(19)12-16(17)18(21)6-8-20(9-7-18)13-14-4-10-23-11-5-14/h2-3,12,14,21H,4-11,13H2,1H3. The fourth-order valence-corrected chi connectivity index (χ4v) is 3.71. The molecule has 128 valence electrons. The lowest BCUT2D eigenvalue weighted by Crippen LogP contribution is -2.45. The Hall–Kier alpha value is -1.17. The minimum Gasteiger partial charge on any atom is -0.496 e. The Kier molecular flexibility index (Phi) is 5.19. The molecule has 0 spiro atoms. The van der Waals surface area contributed by atoms with Gasteiger partial charge in [0.15, 0.2) is 0 Å². The summed E-state index contributed by atoms with van der Waals surface area (Å²) in [5.41, 5.74) is -0.426. The largest absolute Gasteiger partial charge is 0.496 e. The predicted octanol–water partition coefficient (Wildman–Crippen LogP) is 2.54. The van der Waals surface area contributed by atoms with Gasteiger partial charge in [0.2, 0.25) is 0 Å². The van der Waals surface area contributed by atoms with Crippen LogP contribution >= 0.6 is 0 Å². The van der Waals surface area contributed by atoms with Crippen LogP contribution in [0.25, 0.3) is 0 Å². The molecular formula is C18H26FNO3. The Balaban J connectivity index is 1.64. The van der Waals surface area contributed by atoms with Crippen molar-refractivity contribution in [2.45, 2.75) is 31.3 Å². The number of piperidine rings is 1.